The van der Waals surface area contributed by atoms with E-state index >= 15 is 0 Å². The van der Waals surface area contributed by atoms with E-state index in [2.05, 4.69) is 0 Å². The zero-order chi connectivity index (χ0) is 17.0. The third-order valence-corrected chi connectivity index (χ3v) is 4.44. The van der Waals surface area contributed by atoms with Gasteiger partial charge in [-0.2, -0.15) is 0 Å². The molecule has 0 saturated carbocycles. The Balaban J connectivity index is 2.14. The van der Waals surface area contributed by atoms with Crippen molar-refractivity contribution in [2.24, 2.45) is 5.92 Å². The molecule has 1 aliphatic heterocycles. The van der Waals surface area contributed by atoms with Gasteiger partial charge in [0.25, 0.3) is 0 Å². The van der Waals surface area contributed by atoms with Crippen LogP contribution < -0.4 is 4.90 Å². The van der Waals surface area contributed by atoms with Crippen molar-refractivity contribution in [3.63, 3.8) is 0 Å². The third-order valence-electron chi connectivity index (χ3n) is 4.44. The summed E-state index contributed by atoms with van der Waals surface area (Å²) in [6.07, 6.45) is 0.287. The van der Waals surface area contributed by atoms with Crippen molar-refractivity contribution in [1.29, 1.82) is 0 Å². The summed E-state index contributed by atoms with van der Waals surface area (Å²) in [5, 5.41) is 0. The molecule has 0 radical (unpaired) electrons. The number of rotatable bonds is 6. The minimum Gasteiger partial charge on any atom is -0.383 e. The summed E-state index contributed by atoms with van der Waals surface area (Å²) in [6, 6.07) is 7.85. The molecule has 5 heteroatoms. The number of ether oxygens (including phenoxy) is 1. The number of hydrogen-bond donors (Lipinski definition) is 0. The molecule has 2 rings (SSSR count). The Morgan fingerprint density at radius 2 is 2.13 bits per heavy atom. The number of nitrogens with zero attached hydrogens (tertiary/aromatic N) is 2. The van der Waals surface area contributed by atoms with E-state index in [4.69, 9.17) is 4.74 Å². The topological polar surface area (TPSA) is 49.9 Å². The summed E-state index contributed by atoms with van der Waals surface area (Å²) < 4.78 is 5.12. The van der Waals surface area contributed by atoms with E-state index in [9.17, 15) is 9.59 Å². The number of anilines is 1. The van der Waals surface area contributed by atoms with Crippen LogP contribution in [0.15, 0.2) is 24.3 Å². The van der Waals surface area contributed by atoms with Crippen LogP contribution in [0.4, 0.5) is 5.69 Å². The zero-order valence-corrected chi connectivity index (χ0v) is 14.4. The van der Waals surface area contributed by atoms with Crippen LogP contribution in [0.3, 0.4) is 0 Å². The maximum Gasteiger partial charge on any atom is 0.232 e. The van der Waals surface area contributed by atoms with E-state index in [1.165, 1.54) is 0 Å². The smallest absolute Gasteiger partial charge is 0.232 e. The molecule has 2 atom stereocenters. The summed E-state index contributed by atoms with van der Waals surface area (Å²) in [7, 11) is 1.62. The quantitative estimate of drug-likeness (QED) is 0.808. The Morgan fingerprint density at radius 3 is 2.74 bits per heavy atom. The standard InChI is InChI=1S/C18H26N2O3/c1-5-19(16-9-7-6-8-13(16)2)18(22)15-10-17(21)20(11-15)14(3)12-23-4/h6-9,14-15H,5,10-12H2,1-4H3/t14-,15-/m1/s1. The van der Waals surface area contributed by atoms with Gasteiger partial charge in [-0.15, -0.1) is 0 Å². The van der Waals surface area contributed by atoms with Gasteiger partial charge in [0.1, 0.15) is 0 Å². The lowest BCUT2D eigenvalue weighted by molar-refractivity contribution is -0.130. The lowest BCUT2D eigenvalue weighted by Crippen LogP contribution is -2.40. The van der Waals surface area contributed by atoms with Gasteiger partial charge in [0.15, 0.2) is 0 Å². The van der Waals surface area contributed by atoms with Gasteiger partial charge in [-0.3, -0.25) is 9.59 Å². The van der Waals surface area contributed by atoms with E-state index in [0.717, 1.165) is 11.3 Å². The van der Waals surface area contributed by atoms with Gasteiger partial charge in [-0.1, -0.05) is 18.2 Å². The molecule has 0 aliphatic carbocycles. The number of amides is 2. The molecule has 126 valence electrons. The summed E-state index contributed by atoms with van der Waals surface area (Å²) >= 11 is 0. The van der Waals surface area contributed by atoms with Crippen LogP contribution in [-0.4, -0.2) is 49.6 Å². The zero-order valence-electron chi connectivity index (χ0n) is 14.4. The second-order valence-electron chi connectivity index (χ2n) is 6.12. The molecule has 0 bridgehead atoms. The summed E-state index contributed by atoms with van der Waals surface area (Å²) in [6.45, 7) is 7.48. The van der Waals surface area contributed by atoms with Crippen LogP contribution in [0.2, 0.25) is 0 Å². The van der Waals surface area contributed by atoms with E-state index < -0.39 is 0 Å². The summed E-state index contributed by atoms with van der Waals surface area (Å²) in [5.74, 6) is -0.211. The SMILES string of the molecule is CCN(C(=O)[C@@H]1CC(=O)N([C@H](C)COC)C1)c1ccccc1C. The third kappa shape index (κ3) is 3.72. The fraction of sp³-hybridized carbons (Fsp3) is 0.556. The van der Waals surface area contributed by atoms with Gasteiger partial charge < -0.3 is 14.5 Å². The van der Waals surface area contributed by atoms with Crippen LogP contribution in [0.5, 0.6) is 0 Å². The van der Waals surface area contributed by atoms with Crippen molar-refractivity contribution in [2.45, 2.75) is 33.2 Å². The molecule has 23 heavy (non-hydrogen) atoms. The molecule has 1 saturated heterocycles. The van der Waals surface area contributed by atoms with E-state index in [-0.39, 0.29) is 30.2 Å². The lowest BCUT2D eigenvalue weighted by Gasteiger charge is -2.27. The van der Waals surface area contributed by atoms with E-state index in [1.54, 1.807) is 16.9 Å². The highest BCUT2D eigenvalue weighted by Crippen LogP contribution is 2.26. The van der Waals surface area contributed by atoms with Crippen LogP contribution in [0.25, 0.3) is 0 Å². The molecule has 0 unspecified atom stereocenters. The van der Waals surface area contributed by atoms with Crippen LogP contribution in [0, 0.1) is 12.8 Å². The van der Waals surface area contributed by atoms with Gasteiger partial charge in [0, 0.05) is 32.3 Å². The fourth-order valence-corrected chi connectivity index (χ4v) is 3.19. The number of aryl methyl sites for hydroxylation is 1. The van der Waals surface area contributed by atoms with Gasteiger partial charge in [-0.25, -0.2) is 0 Å². The first-order valence-corrected chi connectivity index (χ1v) is 8.15. The van der Waals surface area contributed by atoms with Crippen molar-refractivity contribution in [3.8, 4) is 0 Å². The first-order valence-electron chi connectivity index (χ1n) is 8.15. The lowest BCUT2D eigenvalue weighted by atomic mass is 10.1. The molecule has 1 aromatic rings. The average Bonchev–Trinajstić information content (AvgIpc) is 2.92. The number of hydrogen-bond acceptors (Lipinski definition) is 3. The van der Waals surface area contributed by atoms with Gasteiger partial charge in [-0.05, 0) is 32.4 Å². The molecule has 2 amide bonds. The minimum absolute atomic E-state index is 0.00108. The summed E-state index contributed by atoms with van der Waals surface area (Å²) in [4.78, 5) is 28.7. The predicted molar refractivity (Wildman–Crippen MR) is 90.4 cm³/mol. The molecule has 1 aliphatic rings. The van der Waals surface area contributed by atoms with E-state index in [1.807, 2.05) is 45.0 Å². The van der Waals surface area contributed by atoms with Crippen LogP contribution in [0.1, 0.15) is 25.8 Å². The second kappa shape index (κ2) is 7.59. The highest BCUT2D eigenvalue weighted by Gasteiger charge is 2.38. The Labute approximate surface area is 138 Å². The number of carbonyl (C=O) groups is 2. The molecule has 1 aromatic carbocycles. The number of para-hydroxylation sites is 1. The van der Waals surface area contributed by atoms with Crippen molar-refractivity contribution < 1.29 is 14.3 Å². The van der Waals surface area contributed by atoms with Gasteiger partial charge in [0.05, 0.1) is 18.6 Å². The molecule has 1 heterocycles. The normalized spacial score (nSPS) is 19.0. The molecule has 0 N–H and O–H groups in total. The molecule has 5 nitrogen and oxygen atoms in total. The molecular weight excluding hydrogens is 292 g/mol. The van der Waals surface area contributed by atoms with Crippen LogP contribution >= 0.6 is 0 Å². The molecule has 1 fully saturated rings. The van der Waals surface area contributed by atoms with Gasteiger partial charge in [0.2, 0.25) is 11.8 Å². The second-order valence-corrected chi connectivity index (χ2v) is 6.12. The minimum atomic E-state index is -0.277. The predicted octanol–water partition coefficient (Wildman–Crippen LogP) is 2.23. The molecular formula is C18H26N2O3. The number of carbonyl (C=O) groups excluding carboxylic acids is 2. The Morgan fingerprint density at radius 1 is 1.43 bits per heavy atom. The number of methoxy groups -OCH3 is 1. The number of likely N-dealkylation sites (tertiary alicyclic amines) is 1. The first kappa shape index (κ1) is 17.5. The Kier molecular flexibility index (Phi) is 5.77. The highest BCUT2D eigenvalue weighted by atomic mass is 16.5. The van der Waals surface area contributed by atoms with E-state index in [0.29, 0.717) is 19.7 Å². The Bertz CT molecular complexity index is 573. The van der Waals surface area contributed by atoms with Crippen molar-refractivity contribution >= 4 is 17.5 Å². The van der Waals surface area contributed by atoms with Crippen LogP contribution in [-0.2, 0) is 14.3 Å². The van der Waals surface area contributed by atoms with Gasteiger partial charge >= 0.3 is 0 Å². The largest absolute Gasteiger partial charge is 0.383 e. The van der Waals surface area contributed by atoms with Crippen molar-refractivity contribution in [1.82, 2.24) is 4.90 Å². The van der Waals surface area contributed by atoms with Crippen molar-refractivity contribution in [3.05, 3.63) is 29.8 Å². The first-order chi connectivity index (χ1) is 11.0. The monoisotopic (exact) mass is 318 g/mol. The molecule has 0 spiro atoms. The fourth-order valence-electron chi connectivity index (χ4n) is 3.19. The number of benzene rings is 1. The van der Waals surface area contributed by atoms with Crippen molar-refractivity contribution in [2.75, 3.05) is 31.7 Å². The Hall–Kier alpha value is -1.88. The maximum absolute atomic E-state index is 12.9. The average molecular weight is 318 g/mol. The molecule has 0 aromatic heterocycles. The summed E-state index contributed by atoms with van der Waals surface area (Å²) in [5.41, 5.74) is 1.99. The maximum atomic E-state index is 12.9. The highest BCUT2D eigenvalue weighted by molar-refractivity contribution is 5.99.